The number of nitrogens with zero attached hydrogens (tertiary/aromatic N) is 1. The van der Waals surface area contributed by atoms with Gasteiger partial charge in [0.1, 0.15) is 5.60 Å². The molecule has 0 radical (unpaired) electrons. The molecule has 0 saturated carbocycles. The number of benzene rings is 1. The first-order valence-electron chi connectivity index (χ1n) is 7.66. The summed E-state index contributed by atoms with van der Waals surface area (Å²) in [7, 11) is 0. The zero-order chi connectivity index (χ0) is 15.2. The van der Waals surface area contributed by atoms with Gasteiger partial charge in [0.25, 0.3) is 0 Å². The topological polar surface area (TPSA) is 41.6 Å². The number of likely N-dealkylation sites (tertiary alicyclic amines) is 1. The Kier molecular flexibility index (Phi) is 3.34. The Morgan fingerprint density at radius 3 is 2.81 bits per heavy atom. The first kappa shape index (κ1) is 14.2. The van der Waals surface area contributed by atoms with Crippen molar-refractivity contribution in [1.82, 2.24) is 4.90 Å². The number of amides is 1. The largest absolute Gasteiger partial charge is 0.444 e. The average molecular weight is 288 g/mol. The van der Waals surface area contributed by atoms with Gasteiger partial charge in [0.05, 0.1) is 0 Å². The van der Waals surface area contributed by atoms with Crippen LogP contribution in [-0.4, -0.2) is 36.2 Å². The van der Waals surface area contributed by atoms with Crippen LogP contribution in [0.5, 0.6) is 0 Å². The number of hydrogen-bond acceptors (Lipinski definition) is 3. The van der Waals surface area contributed by atoms with Crippen LogP contribution in [0.25, 0.3) is 0 Å². The van der Waals surface area contributed by atoms with Crippen molar-refractivity contribution in [2.24, 2.45) is 5.92 Å². The molecule has 2 heterocycles. The molecule has 21 heavy (non-hydrogen) atoms. The molecule has 4 nitrogen and oxygen atoms in total. The molecule has 3 rings (SSSR count). The molecule has 1 fully saturated rings. The smallest absolute Gasteiger partial charge is 0.410 e. The van der Waals surface area contributed by atoms with Crippen LogP contribution in [0.4, 0.5) is 10.5 Å². The maximum atomic E-state index is 12.3. The summed E-state index contributed by atoms with van der Waals surface area (Å²) in [5.41, 5.74) is 3.45. The lowest BCUT2D eigenvalue weighted by Crippen LogP contribution is -2.35. The molecule has 0 aromatic heterocycles. The van der Waals surface area contributed by atoms with E-state index in [1.165, 1.54) is 16.8 Å². The Morgan fingerprint density at radius 2 is 2.10 bits per heavy atom. The molecular formula is C17H24N2O2. The minimum absolute atomic E-state index is 0.189. The second kappa shape index (κ2) is 4.93. The highest BCUT2D eigenvalue weighted by Crippen LogP contribution is 2.41. The Morgan fingerprint density at radius 1 is 1.33 bits per heavy atom. The van der Waals surface area contributed by atoms with Gasteiger partial charge >= 0.3 is 6.09 Å². The van der Waals surface area contributed by atoms with Crippen molar-refractivity contribution < 1.29 is 9.53 Å². The van der Waals surface area contributed by atoms with Crippen LogP contribution in [0.3, 0.4) is 0 Å². The number of nitrogens with one attached hydrogen (secondary N) is 1. The molecule has 0 unspecified atom stereocenters. The summed E-state index contributed by atoms with van der Waals surface area (Å²) < 4.78 is 5.51. The Bertz CT molecular complexity index is 562. The van der Waals surface area contributed by atoms with Crippen LogP contribution >= 0.6 is 0 Å². The van der Waals surface area contributed by atoms with E-state index < -0.39 is 5.60 Å². The summed E-state index contributed by atoms with van der Waals surface area (Å²) >= 11 is 0. The molecule has 1 N–H and O–H groups in total. The minimum atomic E-state index is -0.433. The lowest BCUT2D eigenvalue weighted by Gasteiger charge is -2.29. The van der Waals surface area contributed by atoms with E-state index in [1.807, 2.05) is 25.7 Å². The number of anilines is 1. The van der Waals surface area contributed by atoms with Crippen molar-refractivity contribution in [3.05, 3.63) is 29.3 Å². The van der Waals surface area contributed by atoms with Crippen molar-refractivity contribution >= 4 is 11.8 Å². The van der Waals surface area contributed by atoms with E-state index in [2.05, 4.69) is 30.4 Å². The molecule has 1 saturated heterocycles. The molecule has 1 amide bonds. The van der Waals surface area contributed by atoms with E-state index in [4.69, 9.17) is 4.74 Å². The fourth-order valence-corrected chi connectivity index (χ4v) is 3.38. The quantitative estimate of drug-likeness (QED) is 0.796. The van der Waals surface area contributed by atoms with Gasteiger partial charge < -0.3 is 15.0 Å². The van der Waals surface area contributed by atoms with Crippen LogP contribution in [0.1, 0.15) is 37.8 Å². The fourth-order valence-electron chi connectivity index (χ4n) is 3.38. The van der Waals surface area contributed by atoms with Gasteiger partial charge in [-0.1, -0.05) is 18.2 Å². The van der Waals surface area contributed by atoms with Gasteiger partial charge in [-0.2, -0.15) is 0 Å². The van der Waals surface area contributed by atoms with E-state index in [0.29, 0.717) is 11.8 Å². The molecule has 0 bridgehead atoms. The van der Waals surface area contributed by atoms with Crippen molar-refractivity contribution in [3.63, 3.8) is 0 Å². The summed E-state index contributed by atoms with van der Waals surface area (Å²) in [4.78, 5) is 14.1. The lowest BCUT2D eigenvalue weighted by atomic mass is 9.84. The van der Waals surface area contributed by atoms with E-state index in [1.54, 1.807) is 0 Å². The first-order chi connectivity index (χ1) is 9.85. The Balaban J connectivity index is 1.79. The molecule has 1 aromatic rings. The maximum Gasteiger partial charge on any atom is 0.410 e. The Hall–Kier alpha value is -1.71. The third-order valence-corrected chi connectivity index (χ3v) is 4.34. The van der Waals surface area contributed by atoms with Crippen molar-refractivity contribution in [2.45, 2.75) is 39.2 Å². The third-order valence-electron chi connectivity index (χ3n) is 4.34. The standard InChI is InChI=1S/C17H24N2O2/c1-11-6-5-7-13-14-10-19(16(20)21-17(2,3)4)9-12(14)8-18-15(11)13/h5-7,12,14,18H,8-10H2,1-4H3/t12-,14+/m1/s1. The Labute approximate surface area is 126 Å². The SMILES string of the molecule is Cc1cccc2c1NC[C@@H]1CN(C(=O)OC(C)(C)C)C[C@H]21. The summed E-state index contributed by atoms with van der Waals surface area (Å²) in [6.07, 6.45) is -0.189. The van der Waals surface area contributed by atoms with Gasteiger partial charge in [0, 0.05) is 37.2 Å². The minimum Gasteiger partial charge on any atom is -0.444 e. The zero-order valence-electron chi connectivity index (χ0n) is 13.3. The molecule has 1 aromatic carbocycles. The monoisotopic (exact) mass is 288 g/mol. The number of para-hydroxylation sites is 1. The summed E-state index contributed by atoms with van der Waals surface area (Å²) in [6.45, 7) is 10.3. The molecule has 114 valence electrons. The highest BCUT2D eigenvalue weighted by Gasteiger charge is 2.40. The molecule has 2 atom stereocenters. The fraction of sp³-hybridized carbons (Fsp3) is 0.588. The van der Waals surface area contributed by atoms with Gasteiger partial charge in [0.2, 0.25) is 0 Å². The van der Waals surface area contributed by atoms with Gasteiger partial charge in [-0.15, -0.1) is 0 Å². The van der Waals surface area contributed by atoms with Gasteiger partial charge in [-0.25, -0.2) is 4.79 Å². The molecule has 4 heteroatoms. The van der Waals surface area contributed by atoms with Gasteiger partial charge in [-0.05, 0) is 38.8 Å². The second-order valence-electron chi connectivity index (χ2n) is 7.17. The van der Waals surface area contributed by atoms with Gasteiger partial charge in [-0.3, -0.25) is 0 Å². The van der Waals surface area contributed by atoms with E-state index >= 15 is 0 Å². The molecule has 2 aliphatic heterocycles. The van der Waals surface area contributed by atoms with Crippen LogP contribution < -0.4 is 5.32 Å². The second-order valence-corrected chi connectivity index (χ2v) is 7.17. The van der Waals surface area contributed by atoms with Crippen LogP contribution in [0.2, 0.25) is 0 Å². The number of fused-ring (bicyclic) bond motifs is 3. The zero-order valence-corrected chi connectivity index (χ0v) is 13.3. The predicted molar refractivity (Wildman–Crippen MR) is 83.7 cm³/mol. The van der Waals surface area contributed by atoms with Crippen LogP contribution in [0, 0.1) is 12.8 Å². The highest BCUT2D eigenvalue weighted by atomic mass is 16.6. The molecule has 2 aliphatic rings. The summed E-state index contributed by atoms with van der Waals surface area (Å²) in [5, 5.41) is 3.53. The first-order valence-corrected chi connectivity index (χ1v) is 7.66. The number of aryl methyl sites for hydroxylation is 1. The number of carbonyl (C=O) groups is 1. The summed E-state index contributed by atoms with van der Waals surface area (Å²) in [6, 6.07) is 6.42. The third kappa shape index (κ3) is 2.71. The van der Waals surface area contributed by atoms with Gasteiger partial charge in [0.15, 0.2) is 0 Å². The van der Waals surface area contributed by atoms with Crippen LogP contribution in [0.15, 0.2) is 18.2 Å². The van der Waals surface area contributed by atoms with E-state index in [9.17, 15) is 4.79 Å². The predicted octanol–water partition coefficient (Wildman–Crippen LogP) is 3.37. The van der Waals surface area contributed by atoms with Crippen LogP contribution in [-0.2, 0) is 4.74 Å². The maximum absolute atomic E-state index is 12.3. The molecule has 0 spiro atoms. The number of ether oxygens (including phenoxy) is 1. The van der Waals surface area contributed by atoms with E-state index in [0.717, 1.165) is 19.6 Å². The van der Waals surface area contributed by atoms with Crippen molar-refractivity contribution in [2.75, 3.05) is 25.0 Å². The average Bonchev–Trinajstić information content (AvgIpc) is 2.81. The van der Waals surface area contributed by atoms with Crippen molar-refractivity contribution in [1.29, 1.82) is 0 Å². The molecule has 0 aliphatic carbocycles. The number of rotatable bonds is 0. The summed E-state index contributed by atoms with van der Waals surface area (Å²) in [5.74, 6) is 0.903. The molecular weight excluding hydrogens is 264 g/mol. The lowest BCUT2D eigenvalue weighted by molar-refractivity contribution is 0.0287. The number of carbonyl (C=O) groups excluding carboxylic acids is 1. The van der Waals surface area contributed by atoms with E-state index in [-0.39, 0.29) is 6.09 Å². The highest BCUT2D eigenvalue weighted by molar-refractivity contribution is 5.70. The van der Waals surface area contributed by atoms with Crippen molar-refractivity contribution in [3.8, 4) is 0 Å². The normalized spacial score (nSPS) is 24.1. The number of hydrogen-bond donors (Lipinski definition) is 1.